The van der Waals surface area contributed by atoms with Crippen LogP contribution < -0.4 is 15.8 Å². The van der Waals surface area contributed by atoms with Gasteiger partial charge in [0.15, 0.2) is 0 Å². The smallest absolute Gasteiger partial charge is 0.229 e. The van der Waals surface area contributed by atoms with Gasteiger partial charge < -0.3 is 20.4 Å². The largest absolute Gasteiger partial charge is 0.486 e. The maximum Gasteiger partial charge on any atom is 0.229 e. The van der Waals surface area contributed by atoms with E-state index in [0.29, 0.717) is 6.61 Å². The summed E-state index contributed by atoms with van der Waals surface area (Å²) in [7, 11) is 1.93. The van der Waals surface area contributed by atoms with E-state index in [1.807, 2.05) is 49.0 Å². The lowest BCUT2D eigenvalue weighted by Crippen LogP contribution is -2.51. The molecule has 3 N–H and O–H groups in total. The highest BCUT2D eigenvalue weighted by Crippen LogP contribution is 2.32. The average molecular weight is 415 g/mol. The SMILES string of the molecule is Cl.Cl.Cn1ccnc1COc1ccc(NC(=O)C2CCCCC2(C)N)cc1. The number of anilines is 1. The molecule has 2 unspecified atom stereocenters. The van der Waals surface area contributed by atoms with Crippen LogP contribution in [0.25, 0.3) is 0 Å². The number of imidazole rings is 1. The Labute approximate surface area is 172 Å². The van der Waals surface area contributed by atoms with Crippen molar-refractivity contribution in [3.8, 4) is 5.75 Å². The van der Waals surface area contributed by atoms with Crippen LogP contribution >= 0.6 is 24.8 Å². The van der Waals surface area contributed by atoms with Crippen molar-refractivity contribution in [3.63, 3.8) is 0 Å². The Morgan fingerprint density at radius 3 is 2.63 bits per heavy atom. The van der Waals surface area contributed by atoms with Gasteiger partial charge in [-0.1, -0.05) is 12.8 Å². The number of halogens is 2. The number of hydrogen-bond acceptors (Lipinski definition) is 4. The molecule has 1 heterocycles. The third kappa shape index (κ3) is 5.86. The molecule has 0 saturated heterocycles. The lowest BCUT2D eigenvalue weighted by molar-refractivity contribution is -0.122. The number of carbonyl (C=O) groups excluding carboxylic acids is 1. The molecule has 1 aliphatic rings. The molecule has 150 valence electrons. The van der Waals surface area contributed by atoms with Crippen LogP contribution in [0.4, 0.5) is 5.69 Å². The number of nitrogens with two attached hydrogens (primary N) is 1. The van der Waals surface area contributed by atoms with Crippen LogP contribution in [0.3, 0.4) is 0 Å². The number of amides is 1. The third-order valence-corrected chi connectivity index (χ3v) is 4.98. The Bertz CT molecular complexity index is 732. The molecular weight excluding hydrogens is 387 g/mol. The normalized spacial score (nSPS) is 21.5. The Kier molecular flexibility index (Phi) is 8.59. The van der Waals surface area contributed by atoms with Crippen molar-refractivity contribution < 1.29 is 9.53 Å². The highest BCUT2D eigenvalue weighted by Gasteiger charge is 2.37. The summed E-state index contributed by atoms with van der Waals surface area (Å²) in [6.45, 7) is 2.38. The number of nitrogens with zero attached hydrogens (tertiary/aromatic N) is 2. The molecule has 0 radical (unpaired) electrons. The van der Waals surface area contributed by atoms with Gasteiger partial charge in [-0.05, 0) is 44.0 Å². The predicted molar refractivity (Wildman–Crippen MR) is 112 cm³/mol. The van der Waals surface area contributed by atoms with Gasteiger partial charge in [0.05, 0.1) is 5.92 Å². The molecule has 1 fully saturated rings. The zero-order chi connectivity index (χ0) is 17.9. The molecule has 8 heteroatoms. The van der Waals surface area contributed by atoms with E-state index in [1.165, 1.54) is 0 Å². The zero-order valence-corrected chi connectivity index (χ0v) is 17.3. The number of nitrogens with one attached hydrogen (secondary N) is 1. The molecule has 6 nitrogen and oxygen atoms in total. The van der Waals surface area contributed by atoms with Gasteiger partial charge in [-0.2, -0.15) is 0 Å². The van der Waals surface area contributed by atoms with E-state index in [2.05, 4.69) is 10.3 Å². The molecule has 0 bridgehead atoms. The second-order valence-electron chi connectivity index (χ2n) is 7.06. The molecule has 27 heavy (non-hydrogen) atoms. The Morgan fingerprint density at radius 2 is 2.04 bits per heavy atom. The fourth-order valence-electron chi connectivity index (χ4n) is 3.34. The number of rotatable bonds is 5. The van der Waals surface area contributed by atoms with Gasteiger partial charge in [0.2, 0.25) is 5.91 Å². The standard InChI is InChI=1S/C19H26N4O2.2ClH/c1-19(20)10-4-3-5-16(19)18(24)22-14-6-8-15(9-7-14)25-13-17-21-11-12-23(17)2;;/h6-9,11-12,16H,3-5,10,13,20H2,1-2H3,(H,22,24);2*1H. The van der Waals surface area contributed by atoms with Crippen LogP contribution in [-0.2, 0) is 18.4 Å². The first-order valence-electron chi connectivity index (χ1n) is 8.74. The first-order valence-corrected chi connectivity index (χ1v) is 8.74. The van der Waals surface area contributed by atoms with Crippen molar-refractivity contribution in [1.82, 2.24) is 9.55 Å². The summed E-state index contributed by atoms with van der Waals surface area (Å²) in [5.41, 5.74) is 6.65. The summed E-state index contributed by atoms with van der Waals surface area (Å²) < 4.78 is 7.64. The quantitative estimate of drug-likeness (QED) is 0.781. The molecular formula is C19H28Cl2N4O2. The first kappa shape index (κ1) is 23.3. The highest BCUT2D eigenvalue weighted by atomic mass is 35.5. The molecule has 1 aromatic heterocycles. The Hall–Kier alpha value is -1.76. The predicted octanol–water partition coefficient (Wildman–Crippen LogP) is 3.69. The summed E-state index contributed by atoms with van der Waals surface area (Å²) >= 11 is 0. The maximum atomic E-state index is 12.6. The van der Waals surface area contributed by atoms with Gasteiger partial charge in [-0.25, -0.2) is 4.98 Å². The van der Waals surface area contributed by atoms with E-state index in [9.17, 15) is 4.79 Å². The van der Waals surface area contributed by atoms with Gasteiger partial charge in [-0.15, -0.1) is 24.8 Å². The molecule has 1 aliphatic carbocycles. The Balaban J connectivity index is 0.00000182. The minimum Gasteiger partial charge on any atom is -0.486 e. The zero-order valence-electron chi connectivity index (χ0n) is 15.7. The third-order valence-electron chi connectivity index (χ3n) is 4.98. The van der Waals surface area contributed by atoms with Gasteiger partial charge in [0.1, 0.15) is 18.2 Å². The Morgan fingerprint density at radius 1 is 1.33 bits per heavy atom. The molecule has 1 amide bonds. The second-order valence-corrected chi connectivity index (χ2v) is 7.06. The van der Waals surface area contributed by atoms with E-state index in [0.717, 1.165) is 42.9 Å². The molecule has 1 saturated carbocycles. The maximum absolute atomic E-state index is 12.6. The van der Waals surface area contributed by atoms with Gasteiger partial charge in [0.25, 0.3) is 0 Å². The number of aromatic nitrogens is 2. The van der Waals surface area contributed by atoms with Crippen molar-refractivity contribution >= 4 is 36.4 Å². The number of carbonyl (C=O) groups is 1. The van der Waals surface area contributed by atoms with Gasteiger partial charge >= 0.3 is 0 Å². The van der Waals surface area contributed by atoms with Crippen molar-refractivity contribution in [1.29, 1.82) is 0 Å². The topological polar surface area (TPSA) is 82.2 Å². The van der Waals surface area contributed by atoms with Crippen molar-refractivity contribution in [2.24, 2.45) is 18.7 Å². The summed E-state index contributed by atoms with van der Waals surface area (Å²) in [5.74, 6) is 1.46. The lowest BCUT2D eigenvalue weighted by atomic mass is 9.74. The highest BCUT2D eigenvalue weighted by molar-refractivity contribution is 5.93. The van der Waals surface area contributed by atoms with Crippen molar-refractivity contribution in [2.75, 3.05) is 5.32 Å². The molecule has 1 aromatic carbocycles. The van der Waals surface area contributed by atoms with Crippen molar-refractivity contribution in [2.45, 2.75) is 44.8 Å². The van der Waals surface area contributed by atoms with Crippen LogP contribution in [0.1, 0.15) is 38.4 Å². The molecule has 0 spiro atoms. The monoisotopic (exact) mass is 414 g/mol. The molecule has 3 rings (SSSR count). The summed E-state index contributed by atoms with van der Waals surface area (Å²) in [6, 6.07) is 7.40. The minimum absolute atomic E-state index is 0. The van der Waals surface area contributed by atoms with E-state index in [-0.39, 0.29) is 36.6 Å². The van der Waals surface area contributed by atoms with Crippen molar-refractivity contribution in [3.05, 3.63) is 42.5 Å². The molecule has 2 aromatic rings. The van der Waals surface area contributed by atoms with Crippen LogP contribution in [0.5, 0.6) is 5.75 Å². The molecule has 0 aliphatic heterocycles. The van der Waals surface area contributed by atoms with Crippen LogP contribution in [0.2, 0.25) is 0 Å². The number of ether oxygens (including phenoxy) is 1. The van der Waals surface area contributed by atoms with E-state index in [4.69, 9.17) is 10.5 Å². The summed E-state index contributed by atoms with van der Waals surface area (Å²) in [4.78, 5) is 16.8. The fourth-order valence-corrected chi connectivity index (χ4v) is 3.34. The van der Waals surface area contributed by atoms with Gasteiger partial charge in [-0.3, -0.25) is 4.79 Å². The fraction of sp³-hybridized carbons (Fsp3) is 0.474. The first-order chi connectivity index (χ1) is 12.0. The second kappa shape index (κ2) is 9.97. The van der Waals surface area contributed by atoms with Crippen LogP contribution in [0.15, 0.2) is 36.7 Å². The van der Waals surface area contributed by atoms with E-state index >= 15 is 0 Å². The number of aryl methyl sites for hydroxylation is 1. The number of benzene rings is 1. The minimum atomic E-state index is -0.423. The van der Waals surface area contributed by atoms with E-state index in [1.54, 1.807) is 6.20 Å². The van der Waals surface area contributed by atoms with Gasteiger partial charge in [0, 0.05) is 30.7 Å². The lowest BCUT2D eigenvalue weighted by Gasteiger charge is -2.37. The number of hydrogen-bond donors (Lipinski definition) is 2. The van der Waals surface area contributed by atoms with E-state index < -0.39 is 5.54 Å². The summed E-state index contributed by atoms with van der Waals surface area (Å²) in [6.07, 6.45) is 7.53. The van der Waals surface area contributed by atoms with Crippen LogP contribution in [-0.4, -0.2) is 21.0 Å². The average Bonchev–Trinajstić information content (AvgIpc) is 2.99. The molecule has 2 atom stereocenters. The summed E-state index contributed by atoms with van der Waals surface area (Å²) in [5, 5.41) is 2.98. The van der Waals surface area contributed by atoms with Crippen LogP contribution in [0, 0.1) is 5.92 Å².